The van der Waals surface area contributed by atoms with Crippen molar-refractivity contribution in [3.63, 3.8) is 0 Å². The molecule has 0 aliphatic heterocycles. The van der Waals surface area contributed by atoms with E-state index in [9.17, 15) is 5.11 Å². The number of hydrogen-bond donors (Lipinski definition) is 4. The van der Waals surface area contributed by atoms with Crippen molar-refractivity contribution in [2.45, 2.75) is 30.8 Å². The maximum atomic E-state index is 9.96. The molecule has 0 amide bonds. The number of para-hydroxylation sites is 1. The number of anilines is 2. The zero-order chi connectivity index (χ0) is 15.3. The van der Waals surface area contributed by atoms with Crippen LogP contribution in [0.3, 0.4) is 0 Å². The number of fused-ring (bicyclic) bond motifs is 1. The fourth-order valence-corrected chi connectivity index (χ4v) is 3.75. The summed E-state index contributed by atoms with van der Waals surface area (Å²) in [5.41, 5.74) is 14.2. The predicted octanol–water partition coefficient (Wildman–Crippen LogP) is 1.72. The summed E-state index contributed by atoms with van der Waals surface area (Å²) in [6.45, 7) is 0. The van der Waals surface area contributed by atoms with E-state index in [-0.39, 0.29) is 11.3 Å². The molecule has 3 aliphatic carbocycles. The molecule has 0 saturated heterocycles. The Balaban J connectivity index is 1.63. The highest BCUT2D eigenvalue weighted by Crippen LogP contribution is 2.51. The van der Waals surface area contributed by atoms with Gasteiger partial charge in [-0.1, -0.05) is 12.1 Å². The SMILES string of the molecule is Nc1nnc(-c2ccccc2O)cc1NC1CC2(N)CC1C2. The summed E-state index contributed by atoms with van der Waals surface area (Å²) in [7, 11) is 0. The van der Waals surface area contributed by atoms with Crippen LogP contribution in [0.15, 0.2) is 30.3 Å². The minimum Gasteiger partial charge on any atom is -0.507 e. The summed E-state index contributed by atoms with van der Waals surface area (Å²) in [5, 5.41) is 21.5. The third-order valence-corrected chi connectivity index (χ3v) is 4.88. The van der Waals surface area contributed by atoms with Crippen molar-refractivity contribution in [3.05, 3.63) is 30.3 Å². The lowest BCUT2D eigenvalue weighted by atomic mass is 9.78. The number of nitrogens with one attached hydrogen (secondary N) is 1. The third kappa shape index (κ3) is 2.07. The van der Waals surface area contributed by atoms with Crippen molar-refractivity contribution >= 4 is 11.5 Å². The quantitative estimate of drug-likeness (QED) is 0.686. The fraction of sp³-hybridized carbons (Fsp3) is 0.375. The Labute approximate surface area is 128 Å². The molecule has 6 N–H and O–H groups in total. The summed E-state index contributed by atoms with van der Waals surface area (Å²) in [5.74, 6) is 1.16. The second-order valence-corrected chi connectivity index (χ2v) is 6.53. The number of aromatic hydroxyl groups is 1. The van der Waals surface area contributed by atoms with Gasteiger partial charge in [-0.3, -0.25) is 0 Å². The van der Waals surface area contributed by atoms with Gasteiger partial charge in [0, 0.05) is 17.1 Å². The van der Waals surface area contributed by atoms with Gasteiger partial charge in [0.15, 0.2) is 5.82 Å². The molecular weight excluding hydrogens is 278 g/mol. The molecule has 3 aliphatic rings. The van der Waals surface area contributed by atoms with Crippen LogP contribution in [-0.4, -0.2) is 26.9 Å². The lowest BCUT2D eigenvalue weighted by Crippen LogP contribution is -2.44. The van der Waals surface area contributed by atoms with Crippen LogP contribution in [-0.2, 0) is 0 Å². The second kappa shape index (κ2) is 4.58. The average molecular weight is 297 g/mol. The standard InChI is InChI=1S/C16H19N5O/c17-15-12(19-13-8-16(18)6-9(13)7-16)5-11(20-21-15)10-3-1-2-4-14(10)22/h1-5,9,13,22H,6-8,18H2,(H2,17,21)(H,19,20). The Morgan fingerprint density at radius 2 is 1.95 bits per heavy atom. The van der Waals surface area contributed by atoms with E-state index in [1.165, 1.54) is 0 Å². The van der Waals surface area contributed by atoms with Crippen LogP contribution in [0.5, 0.6) is 5.75 Å². The number of aromatic nitrogens is 2. The Morgan fingerprint density at radius 3 is 2.64 bits per heavy atom. The van der Waals surface area contributed by atoms with Crippen molar-refractivity contribution in [1.82, 2.24) is 10.2 Å². The fourth-order valence-electron chi connectivity index (χ4n) is 3.75. The lowest BCUT2D eigenvalue weighted by molar-refractivity contribution is 0.245. The molecule has 0 radical (unpaired) electrons. The Bertz CT molecular complexity index is 726. The van der Waals surface area contributed by atoms with Crippen LogP contribution in [0.25, 0.3) is 11.3 Å². The first-order valence-corrected chi connectivity index (χ1v) is 7.51. The number of benzene rings is 1. The van der Waals surface area contributed by atoms with E-state index in [4.69, 9.17) is 11.5 Å². The first-order chi connectivity index (χ1) is 10.5. The molecule has 1 aromatic carbocycles. The number of nitrogens with two attached hydrogens (primary N) is 2. The van der Waals surface area contributed by atoms with E-state index in [2.05, 4.69) is 15.5 Å². The van der Waals surface area contributed by atoms with Gasteiger partial charge in [0.25, 0.3) is 0 Å². The molecule has 2 bridgehead atoms. The van der Waals surface area contributed by atoms with Gasteiger partial charge in [-0.15, -0.1) is 10.2 Å². The second-order valence-electron chi connectivity index (χ2n) is 6.53. The van der Waals surface area contributed by atoms with Crippen LogP contribution in [0.4, 0.5) is 11.5 Å². The van der Waals surface area contributed by atoms with Crippen LogP contribution in [0.1, 0.15) is 19.3 Å². The Kier molecular flexibility index (Phi) is 2.77. The van der Waals surface area contributed by atoms with E-state index < -0.39 is 0 Å². The number of phenolic OH excluding ortho intramolecular Hbond substituents is 1. The van der Waals surface area contributed by atoms with E-state index in [1.807, 2.05) is 12.1 Å². The van der Waals surface area contributed by atoms with Gasteiger partial charge in [0.1, 0.15) is 5.75 Å². The number of rotatable bonds is 3. The van der Waals surface area contributed by atoms with Gasteiger partial charge in [0.2, 0.25) is 0 Å². The van der Waals surface area contributed by atoms with Crippen molar-refractivity contribution in [1.29, 1.82) is 0 Å². The summed E-state index contributed by atoms with van der Waals surface area (Å²) in [6.07, 6.45) is 3.12. The molecule has 22 heavy (non-hydrogen) atoms. The zero-order valence-corrected chi connectivity index (χ0v) is 12.2. The zero-order valence-electron chi connectivity index (χ0n) is 12.2. The van der Waals surface area contributed by atoms with Gasteiger partial charge in [-0.25, -0.2) is 0 Å². The van der Waals surface area contributed by atoms with Gasteiger partial charge in [-0.2, -0.15) is 0 Å². The van der Waals surface area contributed by atoms with Gasteiger partial charge in [-0.05, 0) is 43.4 Å². The maximum absolute atomic E-state index is 9.96. The van der Waals surface area contributed by atoms with Crippen LogP contribution in [0, 0.1) is 5.92 Å². The molecule has 1 aromatic heterocycles. The van der Waals surface area contributed by atoms with Crippen molar-refractivity contribution in [2.75, 3.05) is 11.1 Å². The molecule has 6 heteroatoms. The van der Waals surface area contributed by atoms with E-state index >= 15 is 0 Å². The molecule has 1 heterocycles. The Hall–Kier alpha value is -2.34. The van der Waals surface area contributed by atoms with E-state index in [0.717, 1.165) is 24.9 Å². The first-order valence-electron chi connectivity index (χ1n) is 7.51. The minimum atomic E-state index is 0.0120. The van der Waals surface area contributed by atoms with Gasteiger partial charge >= 0.3 is 0 Å². The smallest absolute Gasteiger partial charge is 0.169 e. The molecular formula is C16H19N5O. The van der Waals surface area contributed by atoms with Crippen LogP contribution in [0.2, 0.25) is 0 Å². The number of nitrogens with zero attached hydrogens (tertiary/aromatic N) is 2. The monoisotopic (exact) mass is 297 g/mol. The van der Waals surface area contributed by atoms with Crippen LogP contribution >= 0.6 is 0 Å². The number of nitrogen functional groups attached to an aromatic ring is 1. The predicted molar refractivity (Wildman–Crippen MR) is 85.2 cm³/mol. The highest BCUT2D eigenvalue weighted by Gasteiger charge is 2.53. The molecule has 0 spiro atoms. The number of phenols is 1. The van der Waals surface area contributed by atoms with E-state index in [1.54, 1.807) is 18.2 Å². The van der Waals surface area contributed by atoms with Gasteiger partial charge in [0.05, 0.1) is 11.4 Å². The third-order valence-electron chi connectivity index (χ3n) is 4.88. The topological polar surface area (TPSA) is 110 Å². The summed E-state index contributed by atoms with van der Waals surface area (Å²) < 4.78 is 0. The highest BCUT2D eigenvalue weighted by atomic mass is 16.3. The normalized spacial score (nSPS) is 29.1. The maximum Gasteiger partial charge on any atom is 0.169 e. The summed E-state index contributed by atoms with van der Waals surface area (Å²) >= 11 is 0. The largest absolute Gasteiger partial charge is 0.507 e. The van der Waals surface area contributed by atoms with Crippen LogP contribution < -0.4 is 16.8 Å². The Morgan fingerprint density at radius 1 is 1.18 bits per heavy atom. The molecule has 1 atom stereocenters. The van der Waals surface area contributed by atoms with Crippen molar-refractivity contribution < 1.29 is 5.11 Å². The van der Waals surface area contributed by atoms with Gasteiger partial charge < -0.3 is 21.9 Å². The average Bonchev–Trinajstić information content (AvgIpc) is 2.94. The highest BCUT2D eigenvalue weighted by molar-refractivity contribution is 5.73. The molecule has 6 nitrogen and oxygen atoms in total. The summed E-state index contributed by atoms with van der Waals surface area (Å²) in [6, 6.07) is 9.24. The van der Waals surface area contributed by atoms with Crippen molar-refractivity contribution in [3.8, 4) is 17.0 Å². The molecule has 1 unspecified atom stereocenters. The summed E-state index contributed by atoms with van der Waals surface area (Å²) in [4.78, 5) is 0. The van der Waals surface area contributed by atoms with Crippen molar-refractivity contribution in [2.24, 2.45) is 11.7 Å². The molecule has 2 aromatic rings. The lowest BCUT2D eigenvalue weighted by Gasteiger charge is -2.34. The first kappa shape index (κ1) is 13.3. The van der Waals surface area contributed by atoms with E-state index in [0.29, 0.717) is 29.0 Å². The molecule has 3 fully saturated rings. The molecule has 5 rings (SSSR count). The minimum absolute atomic E-state index is 0.0120. The molecule has 114 valence electrons. The molecule has 3 saturated carbocycles. The number of hydrogen-bond acceptors (Lipinski definition) is 6.